The highest BCUT2D eigenvalue weighted by Crippen LogP contribution is 2.22. The van der Waals surface area contributed by atoms with E-state index in [1.54, 1.807) is 24.3 Å². The highest BCUT2D eigenvalue weighted by molar-refractivity contribution is 5.96. The first kappa shape index (κ1) is 17.2. The molecule has 130 valence electrons. The van der Waals surface area contributed by atoms with E-state index in [2.05, 4.69) is 10.6 Å². The fourth-order valence-electron chi connectivity index (χ4n) is 2.58. The maximum absolute atomic E-state index is 12.4. The van der Waals surface area contributed by atoms with E-state index in [9.17, 15) is 9.59 Å². The largest absolute Gasteiger partial charge is 0.349 e. The van der Waals surface area contributed by atoms with E-state index in [0.717, 1.165) is 18.4 Å². The monoisotopic (exact) mass is 337 g/mol. The molecule has 5 nitrogen and oxygen atoms in total. The number of carbonyl (C=O) groups is 2. The number of hydrogen-bond donors (Lipinski definition) is 3. The second-order valence-electron chi connectivity index (χ2n) is 6.54. The topological polar surface area (TPSA) is 84.2 Å². The van der Waals surface area contributed by atoms with Gasteiger partial charge < -0.3 is 16.4 Å². The van der Waals surface area contributed by atoms with Crippen molar-refractivity contribution < 1.29 is 9.59 Å². The zero-order chi connectivity index (χ0) is 17.8. The van der Waals surface area contributed by atoms with E-state index in [0.29, 0.717) is 17.3 Å². The molecule has 0 radical (unpaired) electrons. The molecule has 2 atom stereocenters. The third kappa shape index (κ3) is 4.45. The molecule has 0 aliphatic heterocycles. The minimum Gasteiger partial charge on any atom is -0.349 e. The quantitative estimate of drug-likeness (QED) is 0.758. The minimum atomic E-state index is -0.375. The molecule has 1 aliphatic carbocycles. The van der Waals surface area contributed by atoms with Crippen LogP contribution in [0.2, 0.25) is 0 Å². The molecule has 0 bridgehead atoms. The van der Waals surface area contributed by atoms with Gasteiger partial charge in [0.15, 0.2) is 0 Å². The van der Waals surface area contributed by atoms with Crippen LogP contribution in [0.4, 0.5) is 5.69 Å². The number of nitrogens with two attached hydrogens (primary N) is 1. The van der Waals surface area contributed by atoms with Crippen LogP contribution in [0.25, 0.3) is 0 Å². The Morgan fingerprint density at radius 2 is 1.68 bits per heavy atom. The highest BCUT2D eigenvalue weighted by atomic mass is 16.2. The third-order valence-electron chi connectivity index (χ3n) is 4.46. The summed E-state index contributed by atoms with van der Waals surface area (Å²) in [5.41, 5.74) is 8.37. The summed E-state index contributed by atoms with van der Waals surface area (Å²) < 4.78 is 0. The Bertz CT molecular complexity index is 739. The van der Waals surface area contributed by atoms with E-state index in [1.807, 2.05) is 37.3 Å². The van der Waals surface area contributed by atoms with Gasteiger partial charge in [-0.15, -0.1) is 0 Å². The summed E-state index contributed by atoms with van der Waals surface area (Å²) in [6.07, 6.45) is 2.11. The van der Waals surface area contributed by atoms with Crippen molar-refractivity contribution in [2.75, 3.05) is 5.32 Å². The van der Waals surface area contributed by atoms with Crippen molar-refractivity contribution in [3.63, 3.8) is 0 Å². The van der Waals surface area contributed by atoms with Crippen LogP contribution < -0.4 is 16.4 Å². The first-order chi connectivity index (χ1) is 12.0. The molecular weight excluding hydrogens is 314 g/mol. The molecule has 4 N–H and O–H groups in total. The summed E-state index contributed by atoms with van der Waals surface area (Å²) in [5.74, 6) is -0.591. The maximum atomic E-state index is 12.4. The minimum absolute atomic E-state index is 0.0696. The number of anilines is 1. The molecule has 1 saturated carbocycles. The van der Waals surface area contributed by atoms with Gasteiger partial charge in [-0.3, -0.25) is 9.59 Å². The molecule has 0 saturated heterocycles. The van der Waals surface area contributed by atoms with Gasteiger partial charge in [0.25, 0.3) is 5.91 Å². The van der Waals surface area contributed by atoms with Gasteiger partial charge in [-0.25, -0.2) is 0 Å². The van der Waals surface area contributed by atoms with Crippen LogP contribution in [0.15, 0.2) is 54.6 Å². The summed E-state index contributed by atoms with van der Waals surface area (Å²) in [7, 11) is 0. The Morgan fingerprint density at radius 3 is 2.28 bits per heavy atom. The normalized spacial score (nSPS) is 15.9. The number of hydrogen-bond acceptors (Lipinski definition) is 3. The molecule has 0 heterocycles. The summed E-state index contributed by atoms with van der Waals surface area (Å²) >= 11 is 0. The van der Waals surface area contributed by atoms with Crippen molar-refractivity contribution in [1.29, 1.82) is 0 Å². The summed E-state index contributed by atoms with van der Waals surface area (Å²) in [4.78, 5) is 24.4. The van der Waals surface area contributed by atoms with Crippen LogP contribution in [0.5, 0.6) is 0 Å². The average molecular weight is 337 g/mol. The van der Waals surface area contributed by atoms with Crippen LogP contribution in [-0.4, -0.2) is 17.9 Å². The van der Waals surface area contributed by atoms with Gasteiger partial charge in [-0.1, -0.05) is 37.3 Å². The molecule has 0 spiro atoms. The van der Waals surface area contributed by atoms with E-state index < -0.39 is 0 Å². The van der Waals surface area contributed by atoms with Crippen LogP contribution >= 0.6 is 0 Å². The Labute approximate surface area is 147 Å². The van der Waals surface area contributed by atoms with Gasteiger partial charge in [-0.05, 0) is 42.7 Å². The lowest BCUT2D eigenvalue weighted by atomic mass is 9.94. The number of amides is 2. The number of rotatable bonds is 6. The van der Waals surface area contributed by atoms with Gasteiger partial charge in [0, 0.05) is 23.3 Å². The second-order valence-corrected chi connectivity index (χ2v) is 6.54. The molecule has 5 heteroatoms. The maximum Gasteiger partial charge on any atom is 0.251 e. The van der Waals surface area contributed by atoms with Gasteiger partial charge in [0.1, 0.15) is 0 Å². The zero-order valence-electron chi connectivity index (χ0n) is 14.2. The SMILES string of the molecule is CC(C(=O)Nc1ccc(C(=O)NC2CC2)cc1)C(N)c1ccccc1. The molecule has 2 aromatic carbocycles. The summed E-state index contributed by atoms with van der Waals surface area (Å²) in [6, 6.07) is 16.4. The lowest BCUT2D eigenvalue weighted by Crippen LogP contribution is -2.30. The van der Waals surface area contributed by atoms with Crippen molar-refractivity contribution in [3.8, 4) is 0 Å². The van der Waals surface area contributed by atoms with Crippen molar-refractivity contribution in [2.45, 2.75) is 31.8 Å². The highest BCUT2D eigenvalue weighted by Gasteiger charge is 2.24. The van der Waals surface area contributed by atoms with Gasteiger partial charge in [0.2, 0.25) is 5.91 Å². The lowest BCUT2D eigenvalue weighted by molar-refractivity contribution is -0.120. The van der Waals surface area contributed by atoms with Gasteiger partial charge >= 0.3 is 0 Å². The Kier molecular flexibility index (Phi) is 5.14. The molecule has 0 aromatic heterocycles. The number of benzene rings is 2. The first-order valence-electron chi connectivity index (χ1n) is 8.57. The van der Waals surface area contributed by atoms with Crippen molar-refractivity contribution in [3.05, 3.63) is 65.7 Å². The van der Waals surface area contributed by atoms with Crippen LogP contribution in [-0.2, 0) is 4.79 Å². The van der Waals surface area contributed by atoms with E-state index in [4.69, 9.17) is 5.73 Å². The van der Waals surface area contributed by atoms with Gasteiger partial charge in [-0.2, -0.15) is 0 Å². The van der Waals surface area contributed by atoms with Crippen molar-refractivity contribution >= 4 is 17.5 Å². The van der Waals surface area contributed by atoms with E-state index >= 15 is 0 Å². The molecule has 1 fully saturated rings. The Balaban J connectivity index is 1.59. The third-order valence-corrected chi connectivity index (χ3v) is 4.46. The van der Waals surface area contributed by atoms with E-state index in [1.165, 1.54) is 0 Å². The predicted octanol–water partition coefficient (Wildman–Crippen LogP) is 2.85. The first-order valence-corrected chi connectivity index (χ1v) is 8.57. The van der Waals surface area contributed by atoms with Crippen LogP contribution in [0.3, 0.4) is 0 Å². The zero-order valence-corrected chi connectivity index (χ0v) is 14.2. The second kappa shape index (κ2) is 7.49. The lowest BCUT2D eigenvalue weighted by Gasteiger charge is -2.20. The van der Waals surface area contributed by atoms with Crippen molar-refractivity contribution in [1.82, 2.24) is 5.32 Å². The fourth-order valence-corrected chi connectivity index (χ4v) is 2.58. The molecule has 2 aromatic rings. The number of carbonyl (C=O) groups excluding carboxylic acids is 2. The average Bonchev–Trinajstić information content (AvgIpc) is 3.45. The van der Waals surface area contributed by atoms with Crippen LogP contribution in [0.1, 0.15) is 41.7 Å². The van der Waals surface area contributed by atoms with Crippen LogP contribution in [0, 0.1) is 5.92 Å². The molecule has 25 heavy (non-hydrogen) atoms. The molecule has 2 amide bonds. The molecule has 1 aliphatic rings. The Morgan fingerprint density at radius 1 is 1.04 bits per heavy atom. The molecular formula is C20H23N3O2. The summed E-state index contributed by atoms with van der Waals surface area (Å²) in [6.45, 7) is 1.81. The van der Waals surface area contributed by atoms with Gasteiger partial charge in [0.05, 0.1) is 5.92 Å². The smallest absolute Gasteiger partial charge is 0.251 e. The predicted molar refractivity (Wildman–Crippen MR) is 98.1 cm³/mol. The number of nitrogens with one attached hydrogen (secondary N) is 2. The summed E-state index contributed by atoms with van der Waals surface area (Å²) in [5, 5.41) is 5.80. The molecule has 2 unspecified atom stereocenters. The standard InChI is InChI=1S/C20H23N3O2/c1-13(18(21)14-5-3-2-4-6-14)19(24)22-16-9-7-15(8-10-16)20(25)23-17-11-12-17/h2-10,13,17-18H,11-12,21H2,1H3,(H,22,24)(H,23,25). The van der Waals surface area contributed by atoms with Crippen molar-refractivity contribution in [2.24, 2.45) is 11.7 Å². The fraction of sp³-hybridized carbons (Fsp3) is 0.300. The van der Waals surface area contributed by atoms with E-state index in [-0.39, 0.29) is 23.8 Å². The Hall–Kier alpha value is -2.66. The molecule has 3 rings (SSSR count).